The first-order valence-corrected chi connectivity index (χ1v) is 12.0. The maximum atomic E-state index is 13.3. The summed E-state index contributed by atoms with van der Waals surface area (Å²) in [5.41, 5.74) is 0.439. The summed E-state index contributed by atoms with van der Waals surface area (Å²) in [5.74, 6) is -2.26. The molecular formula is C23H32N4O6S. The molecule has 10 nitrogen and oxygen atoms in total. The zero-order chi connectivity index (χ0) is 25.4. The van der Waals surface area contributed by atoms with Gasteiger partial charge in [-0.3, -0.25) is 14.4 Å². The average Bonchev–Trinajstić information content (AvgIpc) is 3.02. The van der Waals surface area contributed by atoms with Crippen LogP contribution < -0.4 is 16.0 Å². The van der Waals surface area contributed by atoms with Crippen LogP contribution in [0.5, 0.6) is 5.75 Å². The fourth-order valence-electron chi connectivity index (χ4n) is 4.42. The molecule has 186 valence electrons. The molecule has 0 aliphatic carbocycles. The molecule has 0 spiro atoms. The standard InChI is InChI=1S/C23H32N4O6S/c1-11(2)10-14(24-5)18(29)25-15(12-6-8-13(28)9-7-12)19(30)26-16-20(31)27-17(22(32)33)23(3,4)34-21(16)27/h6-9,11,14-17,21,24,28H,10H2,1-5H3,(H,25,29)(H,26,30)(H,32,33)/t14?,15?,16?,17-,21+/m0/s1. The molecule has 3 unspecified atom stereocenters. The summed E-state index contributed by atoms with van der Waals surface area (Å²) in [6.45, 7) is 7.49. The minimum atomic E-state index is -1.10. The Kier molecular flexibility index (Phi) is 7.47. The number of thioether (sulfide) groups is 1. The predicted octanol–water partition coefficient (Wildman–Crippen LogP) is 0.815. The van der Waals surface area contributed by atoms with Crippen molar-refractivity contribution in [2.24, 2.45) is 5.92 Å². The van der Waals surface area contributed by atoms with Gasteiger partial charge in [0.2, 0.25) is 17.7 Å². The Balaban J connectivity index is 1.80. The largest absolute Gasteiger partial charge is 0.508 e. The number of carboxylic acid groups (broad SMARTS) is 1. The van der Waals surface area contributed by atoms with E-state index in [-0.39, 0.29) is 17.6 Å². The highest BCUT2D eigenvalue weighted by Gasteiger charge is 2.64. The number of carbonyl (C=O) groups is 4. The van der Waals surface area contributed by atoms with Crippen LogP contribution in [0.3, 0.4) is 0 Å². The summed E-state index contributed by atoms with van der Waals surface area (Å²) in [5, 5.41) is 27.1. The lowest BCUT2D eigenvalue weighted by Crippen LogP contribution is -2.71. The van der Waals surface area contributed by atoms with Gasteiger partial charge in [0.05, 0.1) is 6.04 Å². The lowest BCUT2D eigenvalue weighted by Gasteiger charge is -2.44. The van der Waals surface area contributed by atoms with Crippen molar-refractivity contribution in [3.63, 3.8) is 0 Å². The quantitative estimate of drug-likeness (QED) is 0.318. The van der Waals surface area contributed by atoms with E-state index in [0.717, 1.165) is 0 Å². The molecule has 2 saturated heterocycles. The number of hydrogen-bond donors (Lipinski definition) is 5. The monoisotopic (exact) mass is 492 g/mol. The molecule has 11 heteroatoms. The molecule has 34 heavy (non-hydrogen) atoms. The number of β-lactam (4-membered cyclic amide) rings is 1. The van der Waals surface area contributed by atoms with E-state index in [9.17, 15) is 29.4 Å². The maximum Gasteiger partial charge on any atom is 0.327 e. The first kappa shape index (κ1) is 25.8. The number of carboxylic acids is 1. The molecular weight excluding hydrogens is 460 g/mol. The molecule has 5 N–H and O–H groups in total. The normalized spacial score (nSPS) is 24.7. The fourth-order valence-corrected chi connectivity index (χ4v) is 6.04. The van der Waals surface area contributed by atoms with Crippen molar-refractivity contribution in [2.45, 2.75) is 68.4 Å². The smallest absolute Gasteiger partial charge is 0.327 e. The van der Waals surface area contributed by atoms with Gasteiger partial charge in [-0.25, -0.2) is 4.79 Å². The number of carbonyl (C=O) groups excluding carboxylic acids is 3. The van der Waals surface area contributed by atoms with Crippen LogP contribution in [-0.2, 0) is 19.2 Å². The molecule has 2 aliphatic heterocycles. The van der Waals surface area contributed by atoms with Gasteiger partial charge in [-0.2, -0.15) is 0 Å². The summed E-state index contributed by atoms with van der Waals surface area (Å²) in [4.78, 5) is 52.1. The van der Waals surface area contributed by atoms with Crippen molar-refractivity contribution in [2.75, 3.05) is 7.05 Å². The van der Waals surface area contributed by atoms with Crippen molar-refractivity contribution >= 4 is 35.5 Å². The Morgan fingerprint density at radius 2 is 1.76 bits per heavy atom. The lowest BCUT2D eigenvalue weighted by atomic mass is 9.95. The number of fused-ring (bicyclic) bond motifs is 1. The molecule has 0 radical (unpaired) electrons. The molecule has 1 aromatic carbocycles. The average molecular weight is 493 g/mol. The lowest BCUT2D eigenvalue weighted by molar-refractivity contribution is -0.161. The zero-order valence-electron chi connectivity index (χ0n) is 19.9. The molecule has 0 bridgehead atoms. The van der Waals surface area contributed by atoms with Crippen LogP contribution in [0.4, 0.5) is 0 Å². The molecule has 2 heterocycles. The van der Waals surface area contributed by atoms with Gasteiger partial charge in [0, 0.05) is 4.75 Å². The Labute approximate surface area is 202 Å². The molecule has 0 saturated carbocycles. The first-order chi connectivity index (χ1) is 15.9. The third-order valence-electron chi connectivity index (χ3n) is 6.12. The van der Waals surface area contributed by atoms with Crippen molar-refractivity contribution in [3.05, 3.63) is 29.8 Å². The molecule has 2 aliphatic rings. The van der Waals surface area contributed by atoms with E-state index in [0.29, 0.717) is 12.0 Å². The highest BCUT2D eigenvalue weighted by atomic mass is 32.2. The number of benzene rings is 1. The number of aromatic hydroxyl groups is 1. The third kappa shape index (κ3) is 5.00. The van der Waals surface area contributed by atoms with Crippen molar-refractivity contribution in [3.8, 4) is 5.75 Å². The molecule has 0 aromatic heterocycles. The van der Waals surface area contributed by atoms with Gasteiger partial charge in [-0.05, 0) is 50.9 Å². The van der Waals surface area contributed by atoms with Gasteiger partial charge in [0.25, 0.3) is 0 Å². The third-order valence-corrected chi connectivity index (χ3v) is 7.69. The van der Waals surface area contributed by atoms with E-state index in [1.807, 2.05) is 13.8 Å². The van der Waals surface area contributed by atoms with E-state index in [4.69, 9.17) is 0 Å². The van der Waals surface area contributed by atoms with E-state index in [2.05, 4.69) is 16.0 Å². The number of phenols is 1. The Hall–Kier alpha value is -2.79. The summed E-state index contributed by atoms with van der Waals surface area (Å²) in [6.07, 6.45) is 0.562. The first-order valence-electron chi connectivity index (χ1n) is 11.2. The number of nitrogens with zero attached hydrogens (tertiary/aromatic N) is 1. The van der Waals surface area contributed by atoms with Gasteiger partial charge in [0.1, 0.15) is 29.2 Å². The number of phenolic OH excluding ortho intramolecular Hbond substituents is 1. The van der Waals surface area contributed by atoms with Gasteiger partial charge in [-0.1, -0.05) is 26.0 Å². The van der Waals surface area contributed by atoms with Crippen LogP contribution in [-0.4, -0.2) is 74.1 Å². The minimum absolute atomic E-state index is 0.0104. The molecule has 5 atom stereocenters. The number of nitrogens with one attached hydrogen (secondary N) is 3. The second kappa shape index (κ2) is 9.83. The molecule has 3 rings (SSSR count). The maximum absolute atomic E-state index is 13.3. The minimum Gasteiger partial charge on any atom is -0.508 e. The van der Waals surface area contributed by atoms with E-state index in [1.165, 1.54) is 40.9 Å². The second-order valence-corrected chi connectivity index (χ2v) is 11.4. The summed E-state index contributed by atoms with van der Waals surface area (Å²) >= 11 is 1.33. The van der Waals surface area contributed by atoms with E-state index < -0.39 is 52.1 Å². The SMILES string of the molecule is CNC(CC(C)C)C(=O)NC(C(=O)NC1C(=O)N2[C@@H]1SC(C)(C)[C@@H]2C(=O)O)c1ccc(O)cc1. The van der Waals surface area contributed by atoms with Crippen LogP contribution >= 0.6 is 11.8 Å². The highest BCUT2D eigenvalue weighted by molar-refractivity contribution is 8.01. The van der Waals surface area contributed by atoms with Crippen LogP contribution in [0.15, 0.2) is 24.3 Å². The van der Waals surface area contributed by atoms with Crippen LogP contribution in [0.1, 0.15) is 45.7 Å². The van der Waals surface area contributed by atoms with Crippen LogP contribution in [0, 0.1) is 5.92 Å². The molecule has 2 fully saturated rings. The van der Waals surface area contributed by atoms with Gasteiger partial charge >= 0.3 is 5.97 Å². The number of hydrogen-bond acceptors (Lipinski definition) is 7. The molecule has 3 amide bonds. The topological polar surface area (TPSA) is 148 Å². The number of likely N-dealkylation sites (N-methyl/N-ethyl adjacent to an activating group) is 1. The summed E-state index contributed by atoms with van der Waals surface area (Å²) < 4.78 is -0.715. The summed E-state index contributed by atoms with van der Waals surface area (Å²) in [7, 11) is 1.67. The van der Waals surface area contributed by atoms with Gasteiger partial charge in [-0.15, -0.1) is 11.8 Å². The predicted molar refractivity (Wildman–Crippen MR) is 127 cm³/mol. The Morgan fingerprint density at radius 3 is 2.29 bits per heavy atom. The van der Waals surface area contributed by atoms with Crippen molar-refractivity contribution in [1.82, 2.24) is 20.9 Å². The highest BCUT2D eigenvalue weighted by Crippen LogP contribution is 2.50. The second-order valence-electron chi connectivity index (χ2n) is 9.59. The number of amides is 3. The Bertz CT molecular complexity index is 967. The van der Waals surface area contributed by atoms with Gasteiger partial charge < -0.3 is 31.1 Å². The van der Waals surface area contributed by atoms with Crippen LogP contribution in [0.25, 0.3) is 0 Å². The number of rotatable bonds is 9. The number of aliphatic carboxylic acids is 1. The molecule has 1 aromatic rings. The van der Waals surface area contributed by atoms with Crippen molar-refractivity contribution in [1.29, 1.82) is 0 Å². The van der Waals surface area contributed by atoms with Gasteiger partial charge in [0.15, 0.2) is 0 Å². The van der Waals surface area contributed by atoms with Crippen LogP contribution in [0.2, 0.25) is 0 Å². The summed E-state index contributed by atoms with van der Waals surface area (Å²) in [6, 6.07) is 2.38. The van der Waals surface area contributed by atoms with Crippen molar-refractivity contribution < 1.29 is 29.4 Å². The fraction of sp³-hybridized carbons (Fsp3) is 0.565. The van der Waals surface area contributed by atoms with E-state index in [1.54, 1.807) is 20.9 Å². The zero-order valence-corrected chi connectivity index (χ0v) is 20.7. The Morgan fingerprint density at radius 1 is 1.15 bits per heavy atom. The van der Waals surface area contributed by atoms with E-state index >= 15 is 0 Å².